The summed E-state index contributed by atoms with van der Waals surface area (Å²) in [5.74, 6) is -1.77. The highest BCUT2D eigenvalue weighted by molar-refractivity contribution is 6.23. The molecule has 4 N–H and O–H groups in total. The molecular formula is C16H14N4O4. The Morgan fingerprint density at radius 3 is 2.54 bits per heavy atom. The number of fused-ring (bicyclic) bond motifs is 1. The van der Waals surface area contributed by atoms with E-state index in [1.165, 1.54) is 13.1 Å². The van der Waals surface area contributed by atoms with Gasteiger partial charge in [-0.25, -0.2) is 0 Å². The number of carbonyl (C=O) groups is 3. The largest absolute Gasteiger partial charge is 0.384 e. The molecule has 8 heteroatoms. The van der Waals surface area contributed by atoms with E-state index in [9.17, 15) is 19.2 Å². The third kappa shape index (κ3) is 2.16. The van der Waals surface area contributed by atoms with Gasteiger partial charge in [-0.05, 0) is 24.6 Å². The van der Waals surface area contributed by atoms with Gasteiger partial charge in [0.2, 0.25) is 0 Å². The van der Waals surface area contributed by atoms with Crippen molar-refractivity contribution in [3.63, 3.8) is 0 Å². The highest BCUT2D eigenvalue weighted by atomic mass is 16.2. The lowest BCUT2D eigenvalue weighted by atomic mass is 10.1. The Hall–Kier alpha value is -3.42. The van der Waals surface area contributed by atoms with Crippen LogP contribution in [0.2, 0.25) is 0 Å². The number of hydrogen-bond donors (Lipinski definition) is 3. The number of anilines is 1. The minimum Gasteiger partial charge on any atom is -0.384 e. The summed E-state index contributed by atoms with van der Waals surface area (Å²) in [7, 11) is 1.49. The van der Waals surface area contributed by atoms with Crippen molar-refractivity contribution in [3.8, 4) is 5.69 Å². The van der Waals surface area contributed by atoms with Gasteiger partial charge in [-0.3, -0.25) is 29.1 Å². The third-order valence-corrected chi connectivity index (χ3v) is 3.89. The molecule has 0 aliphatic carbocycles. The number of aromatic nitrogens is 1. The second kappa shape index (κ2) is 5.34. The molecule has 0 spiro atoms. The van der Waals surface area contributed by atoms with Crippen molar-refractivity contribution < 1.29 is 14.4 Å². The van der Waals surface area contributed by atoms with Gasteiger partial charge in [-0.15, -0.1) is 0 Å². The van der Waals surface area contributed by atoms with Gasteiger partial charge in [-0.2, -0.15) is 0 Å². The van der Waals surface area contributed by atoms with Crippen LogP contribution < -0.4 is 21.9 Å². The molecule has 0 saturated carbocycles. The smallest absolute Gasteiger partial charge is 0.262 e. The molecule has 1 aliphatic rings. The molecule has 1 aromatic carbocycles. The minimum atomic E-state index is -0.652. The standard InChI is InChI=1S/C16H14N4O4/c1-7-3-4-8(14(22)18-2)5-10(7)20-11(21)6-9-12(13(20)17)16(24)19-15(9)23/h3-6H,17H2,1-2H3,(H,18,22)(H,19,23,24). The Morgan fingerprint density at radius 2 is 1.88 bits per heavy atom. The summed E-state index contributed by atoms with van der Waals surface area (Å²) < 4.78 is 1.12. The Kier molecular flexibility index (Phi) is 3.44. The van der Waals surface area contributed by atoms with E-state index in [1.807, 2.05) is 0 Å². The summed E-state index contributed by atoms with van der Waals surface area (Å²) >= 11 is 0. The lowest BCUT2D eigenvalue weighted by Crippen LogP contribution is -2.25. The lowest BCUT2D eigenvalue weighted by Gasteiger charge is -2.15. The van der Waals surface area contributed by atoms with Crippen LogP contribution in [0.4, 0.5) is 5.82 Å². The van der Waals surface area contributed by atoms with Crippen LogP contribution in [-0.2, 0) is 0 Å². The molecule has 0 fully saturated rings. The molecule has 0 saturated heterocycles. The molecule has 0 unspecified atom stereocenters. The predicted octanol–water partition coefficient (Wildman–Crippen LogP) is -0.0287. The molecule has 24 heavy (non-hydrogen) atoms. The normalized spacial score (nSPS) is 12.8. The number of aryl methyl sites for hydroxylation is 1. The number of rotatable bonds is 2. The van der Waals surface area contributed by atoms with Gasteiger partial charge < -0.3 is 11.1 Å². The van der Waals surface area contributed by atoms with E-state index in [0.29, 0.717) is 16.8 Å². The zero-order chi connectivity index (χ0) is 17.6. The van der Waals surface area contributed by atoms with Crippen molar-refractivity contribution in [2.45, 2.75) is 6.92 Å². The van der Waals surface area contributed by atoms with E-state index in [-0.39, 0.29) is 22.9 Å². The maximum atomic E-state index is 12.4. The van der Waals surface area contributed by atoms with E-state index in [1.54, 1.807) is 19.1 Å². The first-order valence-electron chi connectivity index (χ1n) is 7.09. The maximum absolute atomic E-state index is 12.4. The van der Waals surface area contributed by atoms with Gasteiger partial charge in [0.05, 0.1) is 16.8 Å². The number of benzene rings is 1. The fourth-order valence-corrected chi connectivity index (χ4v) is 2.66. The summed E-state index contributed by atoms with van der Waals surface area (Å²) in [5.41, 5.74) is 6.74. The average molecular weight is 326 g/mol. The topological polar surface area (TPSA) is 123 Å². The van der Waals surface area contributed by atoms with Crippen molar-refractivity contribution in [2.24, 2.45) is 0 Å². The summed E-state index contributed by atoms with van der Waals surface area (Å²) in [5, 5.41) is 4.60. The lowest BCUT2D eigenvalue weighted by molar-refractivity contribution is 0.0878. The monoisotopic (exact) mass is 326 g/mol. The van der Waals surface area contributed by atoms with Crippen molar-refractivity contribution in [2.75, 3.05) is 12.8 Å². The van der Waals surface area contributed by atoms with E-state index in [4.69, 9.17) is 5.73 Å². The van der Waals surface area contributed by atoms with Crippen molar-refractivity contribution in [3.05, 3.63) is 56.9 Å². The van der Waals surface area contributed by atoms with E-state index in [2.05, 4.69) is 10.6 Å². The molecule has 3 rings (SSSR count). The maximum Gasteiger partial charge on any atom is 0.262 e. The van der Waals surface area contributed by atoms with Gasteiger partial charge in [0.25, 0.3) is 23.3 Å². The number of nitrogens with two attached hydrogens (primary N) is 1. The second-order valence-corrected chi connectivity index (χ2v) is 5.36. The van der Waals surface area contributed by atoms with Gasteiger partial charge in [0.15, 0.2) is 0 Å². The molecule has 0 bridgehead atoms. The fourth-order valence-electron chi connectivity index (χ4n) is 2.66. The first-order valence-corrected chi connectivity index (χ1v) is 7.09. The van der Waals surface area contributed by atoms with Crippen molar-refractivity contribution in [1.29, 1.82) is 0 Å². The molecule has 8 nitrogen and oxygen atoms in total. The van der Waals surface area contributed by atoms with Gasteiger partial charge in [0, 0.05) is 18.7 Å². The van der Waals surface area contributed by atoms with Crippen LogP contribution in [-0.4, -0.2) is 29.3 Å². The van der Waals surface area contributed by atoms with Gasteiger partial charge in [0.1, 0.15) is 5.82 Å². The summed E-state index contributed by atoms with van der Waals surface area (Å²) in [6.45, 7) is 1.74. The Balaban J connectivity index is 2.31. The Labute approximate surface area is 136 Å². The number of nitrogens with zero attached hydrogens (tertiary/aromatic N) is 1. The molecule has 0 atom stereocenters. The average Bonchev–Trinajstić information content (AvgIpc) is 2.82. The number of hydrogen-bond acceptors (Lipinski definition) is 5. The van der Waals surface area contributed by atoms with Crippen LogP contribution >= 0.6 is 0 Å². The van der Waals surface area contributed by atoms with E-state index >= 15 is 0 Å². The van der Waals surface area contributed by atoms with Gasteiger partial charge in [-0.1, -0.05) is 6.07 Å². The van der Waals surface area contributed by atoms with Crippen LogP contribution in [0, 0.1) is 6.92 Å². The molecule has 2 heterocycles. The first kappa shape index (κ1) is 15.5. The van der Waals surface area contributed by atoms with Crippen LogP contribution in [0.25, 0.3) is 5.69 Å². The molecule has 1 aliphatic heterocycles. The number of amides is 3. The fraction of sp³-hybridized carbons (Fsp3) is 0.125. The highest BCUT2D eigenvalue weighted by Gasteiger charge is 2.32. The number of pyridine rings is 1. The molecular weight excluding hydrogens is 312 g/mol. The molecule has 0 radical (unpaired) electrons. The second-order valence-electron chi connectivity index (χ2n) is 5.36. The SMILES string of the molecule is CNC(=O)c1ccc(C)c(-n2c(N)c3c(cc2=O)C(=O)NC3=O)c1. The predicted molar refractivity (Wildman–Crippen MR) is 86.4 cm³/mol. The first-order chi connectivity index (χ1) is 11.3. The number of imide groups is 1. The van der Waals surface area contributed by atoms with Gasteiger partial charge >= 0.3 is 0 Å². The summed E-state index contributed by atoms with van der Waals surface area (Å²) in [4.78, 5) is 47.9. The molecule has 2 aromatic rings. The molecule has 122 valence electrons. The number of carbonyl (C=O) groups excluding carboxylic acids is 3. The quantitative estimate of drug-likeness (QED) is 0.669. The van der Waals surface area contributed by atoms with Crippen LogP contribution in [0.5, 0.6) is 0 Å². The molecule has 1 aromatic heterocycles. The third-order valence-electron chi connectivity index (χ3n) is 3.89. The van der Waals surface area contributed by atoms with Crippen molar-refractivity contribution >= 4 is 23.5 Å². The Morgan fingerprint density at radius 1 is 1.17 bits per heavy atom. The zero-order valence-corrected chi connectivity index (χ0v) is 13.0. The molecule has 3 amide bonds. The van der Waals surface area contributed by atoms with Crippen LogP contribution in [0.3, 0.4) is 0 Å². The minimum absolute atomic E-state index is 0.0376. The highest BCUT2D eigenvalue weighted by Crippen LogP contribution is 2.24. The Bertz CT molecular complexity index is 975. The number of nitrogens with one attached hydrogen (secondary N) is 2. The summed E-state index contributed by atoms with van der Waals surface area (Å²) in [6, 6.07) is 5.86. The van der Waals surface area contributed by atoms with Crippen molar-refractivity contribution in [1.82, 2.24) is 15.2 Å². The zero-order valence-electron chi connectivity index (χ0n) is 13.0. The van der Waals surface area contributed by atoms with Crippen LogP contribution in [0.15, 0.2) is 29.1 Å². The van der Waals surface area contributed by atoms with E-state index in [0.717, 1.165) is 10.6 Å². The number of nitrogen functional groups attached to an aromatic ring is 1. The van der Waals surface area contributed by atoms with E-state index < -0.39 is 17.4 Å². The summed E-state index contributed by atoms with van der Waals surface area (Å²) in [6.07, 6.45) is 0. The van der Waals surface area contributed by atoms with Crippen LogP contribution in [0.1, 0.15) is 36.6 Å².